The SMILES string of the molecule is CCOC(=O)c1ccc(NC(=O)[C@@H](C)NC(=O)[C@H]2O[C@@H]3OC(C)(C)O[C@H]3[C@H]3OC(C)(C)O[C@@H]32)cc1. The van der Waals surface area contributed by atoms with Crippen LogP contribution in [0.3, 0.4) is 0 Å². The van der Waals surface area contributed by atoms with E-state index in [0.29, 0.717) is 11.3 Å². The van der Waals surface area contributed by atoms with Gasteiger partial charge in [0.1, 0.15) is 24.4 Å². The van der Waals surface area contributed by atoms with Crippen molar-refractivity contribution < 1.29 is 42.8 Å². The van der Waals surface area contributed by atoms with E-state index in [1.165, 1.54) is 0 Å². The summed E-state index contributed by atoms with van der Waals surface area (Å²) in [5, 5.41) is 5.38. The van der Waals surface area contributed by atoms with E-state index in [1.807, 2.05) is 0 Å². The summed E-state index contributed by atoms with van der Waals surface area (Å²) in [5.41, 5.74) is 0.838. The van der Waals surface area contributed by atoms with Gasteiger partial charge in [-0.15, -0.1) is 0 Å². The minimum atomic E-state index is -1.07. The van der Waals surface area contributed by atoms with Crippen molar-refractivity contribution in [3.8, 4) is 0 Å². The fraction of sp³-hybridized carbons (Fsp3) is 0.625. The fourth-order valence-electron chi connectivity index (χ4n) is 4.34. The van der Waals surface area contributed by atoms with Crippen molar-refractivity contribution in [1.82, 2.24) is 5.32 Å². The lowest BCUT2D eigenvalue weighted by Gasteiger charge is -2.36. The summed E-state index contributed by atoms with van der Waals surface area (Å²) in [7, 11) is 0. The highest BCUT2D eigenvalue weighted by molar-refractivity contribution is 5.98. The predicted molar refractivity (Wildman–Crippen MR) is 121 cm³/mol. The molecule has 0 bridgehead atoms. The van der Waals surface area contributed by atoms with Gasteiger partial charge in [-0.2, -0.15) is 0 Å². The van der Waals surface area contributed by atoms with Crippen molar-refractivity contribution >= 4 is 23.5 Å². The Morgan fingerprint density at radius 2 is 1.54 bits per heavy atom. The van der Waals surface area contributed by atoms with Gasteiger partial charge < -0.3 is 39.1 Å². The molecule has 0 aliphatic carbocycles. The van der Waals surface area contributed by atoms with Gasteiger partial charge in [0.25, 0.3) is 5.91 Å². The predicted octanol–water partition coefficient (Wildman–Crippen LogP) is 1.70. The van der Waals surface area contributed by atoms with Gasteiger partial charge in [-0.3, -0.25) is 9.59 Å². The summed E-state index contributed by atoms with van der Waals surface area (Å²) in [6, 6.07) is 5.37. The van der Waals surface area contributed by atoms with Gasteiger partial charge >= 0.3 is 5.97 Å². The molecule has 35 heavy (non-hydrogen) atoms. The molecule has 0 aromatic heterocycles. The average Bonchev–Trinajstić information content (AvgIpc) is 3.27. The standard InChI is InChI=1S/C24H32N2O9/c1-7-30-21(29)13-8-10-14(11-9-13)26-19(27)12(2)25-20(28)17-15-16(33-23(3,4)32-15)18-22(31-17)35-24(5,6)34-18/h8-12,15-18,22H,7H2,1-6H3,(H,25,28)(H,26,27)/t12-,15+,16+,17+,18+,22-/m1/s1. The Balaban J connectivity index is 1.39. The highest BCUT2D eigenvalue weighted by Gasteiger charge is 2.62. The molecule has 3 aliphatic rings. The third-order valence-electron chi connectivity index (χ3n) is 5.83. The molecule has 2 N–H and O–H groups in total. The van der Waals surface area contributed by atoms with Crippen molar-refractivity contribution in [2.24, 2.45) is 0 Å². The first kappa shape index (κ1) is 25.5. The Hall–Kier alpha value is -2.57. The summed E-state index contributed by atoms with van der Waals surface area (Å²) < 4.78 is 34.6. The van der Waals surface area contributed by atoms with E-state index in [9.17, 15) is 14.4 Å². The molecule has 3 heterocycles. The molecule has 192 valence electrons. The number of carbonyl (C=O) groups excluding carboxylic acids is 3. The molecule has 0 saturated carbocycles. The van der Waals surface area contributed by atoms with Crippen LogP contribution >= 0.6 is 0 Å². The molecule has 11 nitrogen and oxygen atoms in total. The third kappa shape index (κ3) is 5.49. The third-order valence-corrected chi connectivity index (χ3v) is 5.83. The van der Waals surface area contributed by atoms with E-state index in [-0.39, 0.29) is 6.61 Å². The number of amides is 2. The number of hydrogen-bond donors (Lipinski definition) is 2. The Kier molecular flexibility index (Phi) is 6.91. The maximum Gasteiger partial charge on any atom is 0.338 e. The van der Waals surface area contributed by atoms with Crippen LogP contribution in [0.1, 0.15) is 51.9 Å². The Labute approximate surface area is 203 Å². The van der Waals surface area contributed by atoms with Gasteiger partial charge in [0.05, 0.1) is 12.2 Å². The lowest BCUT2D eigenvalue weighted by Crippen LogP contribution is -2.60. The highest BCUT2D eigenvalue weighted by atomic mass is 16.9. The van der Waals surface area contributed by atoms with Crippen LogP contribution in [0.4, 0.5) is 5.69 Å². The van der Waals surface area contributed by atoms with Crippen molar-refractivity contribution in [2.45, 2.75) is 89.9 Å². The minimum absolute atomic E-state index is 0.272. The quantitative estimate of drug-likeness (QED) is 0.570. The largest absolute Gasteiger partial charge is 0.462 e. The van der Waals surface area contributed by atoms with Crippen LogP contribution in [0.25, 0.3) is 0 Å². The van der Waals surface area contributed by atoms with Gasteiger partial charge in [-0.1, -0.05) is 0 Å². The summed E-state index contributed by atoms with van der Waals surface area (Å²) in [5.74, 6) is -3.27. The fourth-order valence-corrected chi connectivity index (χ4v) is 4.34. The smallest absolute Gasteiger partial charge is 0.338 e. The number of rotatable bonds is 6. The van der Waals surface area contributed by atoms with Crippen LogP contribution < -0.4 is 10.6 Å². The van der Waals surface area contributed by atoms with Crippen molar-refractivity contribution in [3.63, 3.8) is 0 Å². The summed E-state index contributed by atoms with van der Waals surface area (Å²) in [6.45, 7) is 10.6. The highest BCUT2D eigenvalue weighted by Crippen LogP contribution is 2.44. The molecule has 1 aromatic carbocycles. The molecule has 11 heteroatoms. The first-order chi connectivity index (χ1) is 16.4. The maximum atomic E-state index is 13.2. The molecule has 2 amide bonds. The van der Waals surface area contributed by atoms with Crippen LogP contribution in [-0.4, -0.2) is 72.7 Å². The van der Waals surface area contributed by atoms with E-state index < -0.39 is 66.1 Å². The lowest BCUT2D eigenvalue weighted by atomic mass is 9.98. The first-order valence-corrected chi connectivity index (χ1v) is 11.6. The second-order valence-corrected chi connectivity index (χ2v) is 9.61. The molecular formula is C24H32N2O9. The van der Waals surface area contributed by atoms with Crippen LogP contribution in [0, 0.1) is 0 Å². The number of esters is 1. The molecule has 6 atom stereocenters. The number of anilines is 1. The molecule has 0 spiro atoms. The number of ether oxygens (including phenoxy) is 6. The van der Waals surface area contributed by atoms with Gasteiger partial charge in [0.2, 0.25) is 5.91 Å². The molecule has 1 aromatic rings. The van der Waals surface area contributed by atoms with Gasteiger partial charge in [0.15, 0.2) is 24.0 Å². The molecule has 0 radical (unpaired) electrons. The summed E-state index contributed by atoms with van der Waals surface area (Å²) in [6.07, 6.45) is -3.77. The number of hydrogen-bond acceptors (Lipinski definition) is 9. The molecular weight excluding hydrogens is 460 g/mol. The second kappa shape index (κ2) is 9.47. The Morgan fingerprint density at radius 1 is 0.943 bits per heavy atom. The van der Waals surface area contributed by atoms with E-state index in [0.717, 1.165) is 0 Å². The van der Waals surface area contributed by atoms with Gasteiger partial charge in [0, 0.05) is 5.69 Å². The molecule has 3 saturated heterocycles. The summed E-state index contributed by atoms with van der Waals surface area (Å²) in [4.78, 5) is 37.6. The van der Waals surface area contributed by atoms with Crippen molar-refractivity contribution in [2.75, 3.05) is 11.9 Å². The van der Waals surface area contributed by atoms with Crippen LogP contribution in [0.2, 0.25) is 0 Å². The Bertz CT molecular complexity index is 978. The van der Waals surface area contributed by atoms with E-state index in [4.69, 9.17) is 28.4 Å². The van der Waals surface area contributed by atoms with Crippen molar-refractivity contribution in [3.05, 3.63) is 29.8 Å². The zero-order chi connectivity index (χ0) is 25.5. The number of fused-ring (bicyclic) bond motifs is 3. The Morgan fingerprint density at radius 3 is 2.20 bits per heavy atom. The van der Waals surface area contributed by atoms with Crippen molar-refractivity contribution in [1.29, 1.82) is 0 Å². The zero-order valence-electron chi connectivity index (χ0n) is 20.7. The number of benzene rings is 1. The van der Waals surface area contributed by atoms with Gasteiger partial charge in [-0.05, 0) is 65.8 Å². The minimum Gasteiger partial charge on any atom is -0.462 e. The van der Waals surface area contributed by atoms with E-state index in [2.05, 4.69) is 10.6 Å². The summed E-state index contributed by atoms with van der Waals surface area (Å²) >= 11 is 0. The lowest BCUT2D eigenvalue weighted by molar-refractivity contribution is -0.231. The zero-order valence-corrected chi connectivity index (χ0v) is 20.7. The van der Waals surface area contributed by atoms with Crippen LogP contribution in [0.5, 0.6) is 0 Å². The number of carbonyl (C=O) groups is 3. The molecule has 0 unspecified atom stereocenters. The topological polar surface area (TPSA) is 131 Å². The first-order valence-electron chi connectivity index (χ1n) is 11.6. The van der Waals surface area contributed by atoms with Gasteiger partial charge in [-0.25, -0.2) is 4.79 Å². The monoisotopic (exact) mass is 492 g/mol. The van der Waals surface area contributed by atoms with Crippen LogP contribution in [0.15, 0.2) is 24.3 Å². The molecule has 4 rings (SSSR count). The van der Waals surface area contributed by atoms with E-state index in [1.54, 1.807) is 65.8 Å². The molecule has 3 aliphatic heterocycles. The maximum absolute atomic E-state index is 13.2. The van der Waals surface area contributed by atoms with E-state index >= 15 is 0 Å². The van der Waals surface area contributed by atoms with Crippen LogP contribution in [-0.2, 0) is 38.0 Å². The average molecular weight is 493 g/mol. The number of nitrogens with one attached hydrogen (secondary N) is 2. The second-order valence-electron chi connectivity index (χ2n) is 9.61. The molecule has 3 fully saturated rings. The normalized spacial score (nSPS) is 31.1.